The Morgan fingerprint density at radius 3 is 2.76 bits per heavy atom. The van der Waals surface area contributed by atoms with Gasteiger partial charge in [0.25, 0.3) is 5.69 Å². The van der Waals surface area contributed by atoms with Crippen molar-refractivity contribution in [1.82, 2.24) is 10.2 Å². The number of aromatic nitrogens is 2. The van der Waals surface area contributed by atoms with Crippen molar-refractivity contribution in [3.05, 3.63) is 92.8 Å². The van der Waals surface area contributed by atoms with Crippen molar-refractivity contribution in [2.75, 3.05) is 12.1 Å². The first kappa shape index (κ1) is 19.3. The van der Waals surface area contributed by atoms with Gasteiger partial charge in [0.2, 0.25) is 6.79 Å². The molecule has 4 aromatic rings. The van der Waals surface area contributed by atoms with E-state index in [0.29, 0.717) is 61.2 Å². The molecule has 6 rings (SSSR count). The Morgan fingerprint density at radius 1 is 1.06 bits per heavy atom. The standard InChI is InChI=1S/C23H14ClN5O4/c24-16-6-2-1-4-12(16)21-14-8-18(29(30)31)22-15(9-26-28-22)20(14)25-10-17(27-21)13-5-3-7-19-23(13)33-11-32-19/h1-10,25H,11H2,(H,26,28). The second-order valence-electron chi connectivity index (χ2n) is 7.39. The second kappa shape index (κ2) is 7.35. The van der Waals surface area contributed by atoms with Gasteiger partial charge in [-0.15, -0.1) is 0 Å². The molecule has 2 aliphatic rings. The summed E-state index contributed by atoms with van der Waals surface area (Å²) in [6.45, 7) is 0.121. The van der Waals surface area contributed by atoms with Crippen LogP contribution in [0.15, 0.2) is 65.9 Å². The van der Waals surface area contributed by atoms with Crippen LogP contribution in [-0.4, -0.2) is 27.6 Å². The maximum Gasteiger partial charge on any atom is 0.295 e. The second-order valence-corrected chi connectivity index (χ2v) is 7.79. The maximum absolute atomic E-state index is 11.8. The molecule has 0 atom stereocenters. The number of ether oxygens (including phenoxy) is 2. The first-order valence-corrected chi connectivity index (χ1v) is 10.3. The smallest absolute Gasteiger partial charge is 0.295 e. The molecular weight excluding hydrogens is 446 g/mol. The topological polar surface area (TPSA) is 115 Å². The number of rotatable bonds is 3. The van der Waals surface area contributed by atoms with Gasteiger partial charge in [-0.25, -0.2) is 4.99 Å². The molecule has 0 radical (unpaired) electrons. The molecule has 1 aromatic heterocycles. The summed E-state index contributed by atoms with van der Waals surface area (Å²) >= 11 is 6.55. The Bertz CT molecular complexity index is 1520. The van der Waals surface area contributed by atoms with Crippen LogP contribution in [0.1, 0.15) is 16.7 Å². The van der Waals surface area contributed by atoms with E-state index in [1.165, 1.54) is 6.07 Å². The molecule has 33 heavy (non-hydrogen) atoms. The minimum absolute atomic E-state index is 0.108. The third-order valence-electron chi connectivity index (χ3n) is 5.55. The molecule has 10 heteroatoms. The van der Waals surface area contributed by atoms with E-state index in [4.69, 9.17) is 26.1 Å². The molecule has 2 aliphatic heterocycles. The average molecular weight is 460 g/mol. The fourth-order valence-electron chi connectivity index (χ4n) is 4.07. The van der Waals surface area contributed by atoms with Crippen LogP contribution >= 0.6 is 11.6 Å². The summed E-state index contributed by atoms with van der Waals surface area (Å²) < 4.78 is 11.2. The lowest BCUT2D eigenvalue weighted by atomic mass is 9.97. The van der Waals surface area contributed by atoms with Crippen molar-refractivity contribution in [1.29, 1.82) is 0 Å². The van der Waals surface area contributed by atoms with E-state index in [9.17, 15) is 10.1 Å². The molecule has 0 spiro atoms. The van der Waals surface area contributed by atoms with E-state index in [0.717, 1.165) is 0 Å². The Morgan fingerprint density at radius 2 is 1.91 bits per heavy atom. The molecule has 0 aliphatic carbocycles. The van der Waals surface area contributed by atoms with E-state index in [2.05, 4.69) is 15.5 Å². The minimum Gasteiger partial charge on any atom is -0.454 e. The van der Waals surface area contributed by atoms with Gasteiger partial charge in [0, 0.05) is 34.0 Å². The Labute approximate surface area is 191 Å². The summed E-state index contributed by atoms with van der Waals surface area (Å²) in [5, 5.41) is 22.9. The molecule has 0 bridgehead atoms. The SMILES string of the molecule is O=[N+]([O-])c1cc2c(c3cn[nH]c13)NC=C(c1cccc3c1OCO3)N=C2c1ccccc1Cl. The number of hydrogen-bond donors (Lipinski definition) is 2. The van der Waals surface area contributed by atoms with Gasteiger partial charge in [0.15, 0.2) is 11.5 Å². The van der Waals surface area contributed by atoms with Crippen LogP contribution in [0.25, 0.3) is 16.6 Å². The number of nitrogens with one attached hydrogen (secondary N) is 2. The number of halogens is 1. The number of nitro benzene ring substituents is 1. The van der Waals surface area contributed by atoms with Crippen LogP contribution < -0.4 is 14.8 Å². The number of aliphatic imine (C=N–C) groups is 1. The highest BCUT2D eigenvalue weighted by Gasteiger charge is 2.28. The lowest BCUT2D eigenvalue weighted by molar-refractivity contribution is -0.383. The fourth-order valence-corrected chi connectivity index (χ4v) is 4.29. The predicted molar refractivity (Wildman–Crippen MR) is 124 cm³/mol. The van der Waals surface area contributed by atoms with Crippen molar-refractivity contribution in [3.63, 3.8) is 0 Å². The van der Waals surface area contributed by atoms with E-state index in [-0.39, 0.29) is 12.5 Å². The summed E-state index contributed by atoms with van der Waals surface area (Å²) in [7, 11) is 0. The Hall–Kier alpha value is -4.37. The summed E-state index contributed by atoms with van der Waals surface area (Å²) in [6.07, 6.45) is 3.28. The number of benzene rings is 3. The normalized spacial score (nSPS) is 14.2. The van der Waals surface area contributed by atoms with Crippen LogP contribution in [0, 0.1) is 10.1 Å². The van der Waals surface area contributed by atoms with E-state index < -0.39 is 4.92 Å². The lowest BCUT2D eigenvalue weighted by Crippen LogP contribution is -2.07. The molecule has 3 aromatic carbocycles. The molecule has 162 valence electrons. The molecular formula is C23H14ClN5O4. The Balaban J connectivity index is 1.66. The lowest BCUT2D eigenvalue weighted by Gasteiger charge is -2.13. The monoisotopic (exact) mass is 459 g/mol. The number of nitrogens with zero attached hydrogens (tertiary/aromatic N) is 3. The van der Waals surface area contributed by atoms with Crippen molar-refractivity contribution in [2.45, 2.75) is 0 Å². The van der Waals surface area contributed by atoms with Crippen molar-refractivity contribution in [2.24, 2.45) is 4.99 Å². The fraction of sp³-hybridized carbons (Fsp3) is 0.0435. The first-order valence-electron chi connectivity index (χ1n) is 9.96. The number of H-pyrrole nitrogens is 1. The van der Waals surface area contributed by atoms with E-state index in [1.807, 2.05) is 36.4 Å². The zero-order valence-electron chi connectivity index (χ0n) is 16.8. The summed E-state index contributed by atoms with van der Waals surface area (Å²) in [4.78, 5) is 16.3. The largest absolute Gasteiger partial charge is 0.454 e. The quantitative estimate of drug-likeness (QED) is 0.325. The van der Waals surface area contributed by atoms with Gasteiger partial charge in [-0.3, -0.25) is 15.2 Å². The van der Waals surface area contributed by atoms with Gasteiger partial charge >= 0.3 is 0 Å². The molecule has 0 saturated carbocycles. The maximum atomic E-state index is 11.8. The molecule has 0 unspecified atom stereocenters. The highest BCUT2D eigenvalue weighted by Crippen LogP contribution is 2.42. The summed E-state index contributed by atoms with van der Waals surface area (Å²) in [6, 6.07) is 14.3. The van der Waals surface area contributed by atoms with Gasteiger partial charge in [-0.1, -0.05) is 35.9 Å². The van der Waals surface area contributed by atoms with Gasteiger partial charge in [-0.2, -0.15) is 5.10 Å². The van der Waals surface area contributed by atoms with Crippen LogP contribution in [0.2, 0.25) is 5.02 Å². The van der Waals surface area contributed by atoms with Gasteiger partial charge in [0.1, 0.15) is 5.52 Å². The first-order chi connectivity index (χ1) is 16.1. The summed E-state index contributed by atoms with van der Waals surface area (Å²) in [5.74, 6) is 1.20. The zero-order chi connectivity index (χ0) is 22.5. The van der Waals surface area contributed by atoms with Crippen molar-refractivity contribution >= 4 is 45.3 Å². The molecule has 9 nitrogen and oxygen atoms in total. The minimum atomic E-state index is -0.445. The third-order valence-corrected chi connectivity index (χ3v) is 5.88. The molecule has 2 N–H and O–H groups in total. The highest BCUT2D eigenvalue weighted by atomic mass is 35.5. The molecule has 3 heterocycles. The van der Waals surface area contributed by atoms with E-state index in [1.54, 1.807) is 18.5 Å². The van der Waals surface area contributed by atoms with Crippen molar-refractivity contribution < 1.29 is 14.4 Å². The number of nitro groups is 1. The Kier molecular flexibility index (Phi) is 4.30. The number of para-hydroxylation sites is 1. The zero-order valence-corrected chi connectivity index (χ0v) is 17.6. The van der Waals surface area contributed by atoms with Gasteiger partial charge in [-0.05, 0) is 18.2 Å². The molecule has 0 fully saturated rings. The average Bonchev–Trinajstić information content (AvgIpc) is 3.46. The van der Waals surface area contributed by atoms with Crippen LogP contribution in [0.4, 0.5) is 11.4 Å². The third kappa shape index (κ3) is 3.01. The number of fused-ring (bicyclic) bond motifs is 4. The molecule has 0 amide bonds. The van der Waals surface area contributed by atoms with Gasteiger partial charge in [0.05, 0.1) is 33.6 Å². The van der Waals surface area contributed by atoms with Crippen molar-refractivity contribution in [3.8, 4) is 11.5 Å². The summed E-state index contributed by atoms with van der Waals surface area (Å²) in [5.41, 5.74) is 3.76. The van der Waals surface area contributed by atoms with Gasteiger partial charge < -0.3 is 14.8 Å². The number of hydrogen-bond acceptors (Lipinski definition) is 7. The van der Waals surface area contributed by atoms with Crippen LogP contribution in [-0.2, 0) is 0 Å². The number of non-ortho nitro benzene ring substituents is 1. The predicted octanol–water partition coefficient (Wildman–Crippen LogP) is 5.11. The van der Waals surface area contributed by atoms with Crippen LogP contribution in [0.3, 0.4) is 0 Å². The molecule has 0 saturated heterocycles. The highest BCUT2D eigenvalue weighted by molar-refractivity contribution is 6.36. The number of aromatic amines is 1. The van der Waals surface area contributed by atoms with Crippen LogP contribution in [0.5, 0.6) is 11.5 Å². The van der Waals surface area contributed by atoms with E-state index >= 15 is 0 Å². The number of anilines is 1.